The molecule has 2 aromatic rings. The predicted octanol–water partition coefficient (Wildman–Crippen LogP) is 2.91. The molecule has 0 aromatic heterocycles. The average molecular weight is 344 g/mol. The van der Waals surface area contributed by atoms with Crippen LogP contribution in [0.3, 0.4) is 0 Å². The van der Waals surface area contributed by atoms with E-state index >= 15 is 0 Å². The molecule has 0 fully saturated rings. The summed E-state index contributed by atoms with van der Waals surface area (Å²) < 4.78 is 18.6. The highest BCUT2D eigenvalue weighted by atomic mass is 19.1. The van der Waals surface area contributed by atoms with Gasteiger partial charge in [0, 0.05) is 5.69 Å². The third-order valence-corrected chi connectivity index (χ3v) is 3.54. The number of rotatable bonds is 8. The van der Waals surface area contributed by atoms with E-state index in [0.717, 1.165) is 17.7 Å². The summed E-state index contributed by atoms with van der Waals surface area (Å²) in [6.45, 7) is 1.91. The lowest BCUT2D eigenvalue weighted by molar-refractivity contribution is -0.124. The van der Waals surface area contributed by atoms with E-state index in [9.17, 15) is 14.0 Å². The van der Waals surface area contributed by atoms with Crippen molar-refractivity contribution in [3.8, 4) is 5.75 Å². The van der Waals surface area contributed by atoms with Gasteiger partial charge in [-0.15, -0.1) is 0 Å². The zero-order chi connectivity index (χ0) is 18.1. The molecule has 6 heteroatoms. The highest BCUT2D eigenvalue weighted by Crippen LogP contribution is 2.16. The van der Waals surface area contributed by atoms with Crippen LogP contribution in [-0.2, 0) is 16.0 Å². The van der Waals surface area contributed by atoms with Crippen LogP contribution in [0.15, 0.2) is 48.5 Å². The number of carbonyl (C=O) groups is 2. The van der Waals surface area contributed by atoms with Gasteiger partial charge in [0.25, 0.3) is 0 Å². The number of nitrogens with one attached hydrogen (secondary N) is 2. The lowest BCUT2D eigenvalue weighted by atomic mass is 10.1. The SMILES string of the molecule is CCc1ccccc1NC(=O)CNC(=O)CCOc1ccccc1F. The highest BCUT2D eigenvalue weighted by Gasteiger charge is 2.09. The van der Waals surface area contributed by atoms with Crippen LogP contribution < -0.4 is 15.4 Å². The van der Waals surface area contributed by atoms with Crippen LogP contribution in [0.4, 0.5) is 10.1 Å². The smallest absolute Gasteiger partial charge is 0.243 e. The molecule has 0 bridgehead atoms. The fraction of sp³-hybridized carbons (Fsp3) is 0.263. The average Bonchev–Trinajstić information content (AvgIpc) is 2.62. The van der Waals surface area contributed by atoms with Crippen LogP contribution in [0.25, 0.3) is 0 Å². The van der Waals surface area contributed by atoms with Crippen molar-refractivity contribution >= 4 is 17.5 Å². The van der Waals surface area contributed by atoms with E-state index in [1.165, 1.54) is 12.1 Å². The first kappa shape index (κ1) is 18.4. The first-order valence-electron chi connectivity index (χ1n) is 8.12. The first-order valence-corrected chi connectivity index (χ1v) is 8.12. The van der Waals surface area contributed by atoms with Crippen molar-refractivity contribution in [3.05, 3.63) is 59.9 Å². The van der Waals surface area contributed by atoms with Gasteiger partial charge in [-0.05, 0) is 30.2 Å². The van der Waals surface area contributed by atoms with Gasteiger partial charge in [0.05, 0.1) is 19.6 Å². The van der Waals surface area contributed by atoms with E-state index in [1.54, 1.807) is 12.1 Å². The van der Waals surface area contributed by atoms with Crippen LogP contribution in [0.5, 0.6) is 5.75 Å². The van der Waals surface area contributed by atoms with Gasteiger partial charge < -0.3 is 15.4 Å². The number of aryl methyl sites for hydroxylation is 1. The largest absolute Gasteiger partial charge is 0.490 e. The van der Waals surface area contributed by atoms with E-state index < -0.39 is 5.82 Å². The number of hydrogen-bond acceptors (Lipinski definition) is 3. The standard InChI is InChI=1S/C19H21FN2O3/c1-2-14-7-3-5-9-16(14)22-19(24)13-21-18(23)11-12-25-17-10-6-4-8-15(17)20/h3-10H,2,11-13H2,1H3,(H,21,23)(H,22,24). The van der Waals surface area contributed by atoms with Crippen molar-refractivity contribution in [1.82, 2.24) is 5.32 Å². The second-order valence-electron chi connectivity index (χ2n) is 5.36. The Morgan fingerprint density at radius 2 is 1.76 bits per heavy atom. The van der Waals surface area contributed by atoms with Gasteiger partial charge in [-0.1, -0.05) is 37.3 Å². The molecule has 0 saturated carbocycles. The van der Waals surface area contributed by atoms with Crippen LogP contribution in [-0.4, -0.2) is 25.0 Å². The Morgan fingerprint density at radius 3 is 2.52 bits per heavy atom. The molecule has 2 aromatic carbocycles. The van der Waals surface area contributed by atoms with Crippen LogP contribution in [0.2, 0.25) is 0 Å². The van der Waals surface area contributed by atoms with Crippen molar-refractivity contribution in [1.29, 1.82) is 0 Å². The molecular weight excluding hydrogens is 323 g/mol. The molecule has 25 heavy (non-hydrogen) atoms. The van der Waals surface area contributed by atoms with E-state index in [4.69, 9.17) is 4.74 Å². The van der Waals surface area contributed by atoms with Crippen LogP contribution >= 0.6 is 0 Å². The summed E-state index contributed by atoms with van der Waals surface area (Å²) >= 11 is 0. The molecule has 0 heterocycles. The molecule has 0 atom stereocenters. The maximum Gasteiger partial charge on any atom is 0.243 e. The maximum absolute atomic E-state index is 13.4. The molecule has 132 valence electrons. The minimum Gasteiger partial charge on any atom is -0.490 e. The Balaban J connectivity index is 1.71. The minimum atomic E-state index is -0.475. The Hall–Kier alpha value is -2.89. The number of benzene rings is 2. The molecule has 0 aliphatic heterocycles. The monoisotopic (exact) mass is 344 g/mol. The van der Waals surface area contributed by atoms with Crippen LogP contribution in [0, 0.1) is 5.82 Å². The van der Waals surface area contributed by atoms with Gasteiger partial charge in [0.1, 0.15) is 0 Å². The normalized spacial score (nSPS) is 10.2. The number of amides is 2. The summed E-state index contributed by atoms with van der Waals surface area (Å²) in [5, 5.41) is 5.29. The van der Waals surface area contributed by atoms with Gasteiger partial charge >= 0.3 is 0 Å². The Kier molecular flexibility index (Phi) is 6.95. The Morgan fingerprint density at radius 1 is 1.04 bits per heavy atom. The van der Waals surface area contributed by atoms with Crippen LogP contribution in [0.1, 0.15) is 18.9 Å². The second-order valence-corrected chi connectivity index (χ2v) is 5.36. The van der Waals surface area contributed by atoms with Crippen molar-refractivity contribution in [2.24, 2.45) is 0 Å². The van der Waals surface area contributed by atoms with E-state index in [0.29, 0.717) is 0 Å². The first-order chi connectivity index (χ1) is 12.1. The zero-order valence-corrected chi connectivity index (χ0v) is 14.0. The lowest BCUT2D eigenvalue weighted by Gasteiger charge is -2.10. The van der Waals surface area contributed by atoms with Gasteiger partial charge in [-0.25, -0.2) is 4.39 Å². The maximum atomic E-state index is 13.4. The minimum absolute atomic E-state index is 0.0348. The summed E-state index contributed by atoms with van der Waals surface area (Å²) in [5.74, 6) is -1.01. The summed E-state index contributed by atoms with van der Waals surface area (Å²) in [5.41, 5.74) is 1.77. The van der Waals surface area contributed by atoms with Crippen molar-refractivity contribution < 1.29 is 18.7 Å². The van der Waals surface area contributed by atoms with E-state index in [-0.39, 0.29) is 37.1 Å². The number of halogens is 1. The molecule has 0 aliphatic rings. The summed E-state index contributed by atoms with van der Waals surface area (Å²) in [4.78, 5) is 23.7. The molecule has 0 saturated heterocycles. The van der Waals surface area contributed by atoms with Gasteiger partial charge in [-0.3, -0.25) is 9.59 Å². The van der Waals surface area contributed by atoms with Crippen molar-refractivity contribution in [2.45, 2.75) is 19.8 Å². The highest BCUT2D eigenvalue weighted by molar-refractivity contribution is 5.95. The Labute approximate surface area is 146 Å². The predicted molar refractivity (Wildman–Crippen MR) is 94.0 cm³/mol. The van der Waals surface area contributed by atoms with Gasteiger partial charge in [0.15, 0.2) is 11.6 Å². The molecule has 0 radical (unpaired) electrons. The fourth-order valence-corrected chi connectivity index (χ4v) is 2.23. The zero-order valence-electron chi connectivity index (χ0n) is 14.0. The fourth-order valence-electron chi connectivity index (χ4n) is 2.23. The number of ether oxygens (including phenoxy) is 1. The molecule has 0 spiro atoms. The third kappa shape index (κ3) is 5.91. The van der Waals surface area contributed by atoms with E-state index in [1.807, 2.05) is 31.2 Å². The second kappa shape index (κ2) is 9.42. The molecule has 2 amide bonds. The molecule has 2 rings (SSSR count). The summed E-state index contributed by atoms with van der Waals surface area (Å²) in [6, 6.07) is 13.5. The van der Waals surface area contributed by atoms with Crippen molar-refractivity contribution in [2.75, 3.05) is 18.5 Å². The van der Waals surface area contributed by atoms with Gasteiger partial charge in [-0.2, -0.15) is 0 Å². The Bertz CT molecular complexity index is 734. The quantitative estimate of drug-likeness (QED) is 0.774. The summed E-state index contributed by atoms with van der Waals surface area (Å²) in [6.07, 6.45) is 0.837. The topological polar surface area (TPSA) is 67.4 Å². The lowest BCUT2D eigenvalue weighted by Crippen LogP contribution is -2.33. The van der Waals surface area contributed by atoms with Crippen molar-refractivity contribution in [3.63, 3.8) is 0 Å². The number of anilines is 1. The van der Waals surface area contributed by atoms with Gasteiger partial charge in [0.2, 0.25) is 11.8 Å². The third-order valence-electron chi connectivity index (χ3n) is 3.54. The molecule has 0 unspecified atom stereocenters. The molecule has 0 aliphatic carbocycles. The number of carbonyl (C=O) groups excluding carboxylic acids is 2. The number of para-hydroxylation sites is 2. The summed E-state index contributed by atoms with van der Waals surface area (Å²) in [7, 11) is 0. The molecule has 5 nitrogen and oxygen atoms in total. The molecular formula is C19H21FN2O3. The number of hydrogen-bond donors (Lipinski definition) is 2. The van der Waals surface area contributed by atoms with E-state index in [2.05, 4.69) is 10.6 Å². The molecule has 2 N–H and O–H groups in total.